The summed E-state index contributed by atoms with van der Waals surface area (Å²) in [4.78, 5) is 0. The monoisotopic (exact) mass is 218 g/mol. The molecule has 0 aromatic heterocycles. The molecule has 0 aliphatic carbocycles. The minimum atomic E-state index is -0.627. The van der Waals surface area contributed by atoms with Crippen molar-refractivity contribution < 1.29 is 4.21 Å². The van der Waals surface area contributed by atoms with Crippen LogP contribution in [-0.2, 0) is 10.8 Å². The topological polar surface area (TPSA) is 17.1 Å². The molecule has 14 heavy (non-hydrogen) atoms. The van der Waals surface area contributed by atoms with Crippen LogP contribution < -0.4 is 0 Å². The van der Waals surface area contributed by atoms with Crippen molar-refractivity contribution in [2.24, 2.45) is 0 Å². The standard InChI is InChI=1S/C12H26OS/c1-5-8-9-10-11-14(13)12(4,6-2)7-3/h5-11H2,1-4H3. The van der Waals surface area contributed by atoms with Crippen molar-refractivity contribution in [1.82, 2.24) is 0 Å². The Morgan fingerprint density at radius 3 is 2.00 bits per heavy atom. The fourth-order valence-corrected chi connectivity index (χ4v) is 3.08. The van der Waals surface area contributed by atoms with Gasteiger partial charge in [0, 0.05) is 21.3 Å². The lowest BCUT2D eigenvalue weighted by molar-refractivity contribution is 0.557. The predicted octanol–water partition coefficient (Wildman–Crippen LogP) is 3.89. The van der Waals surface area contributed by atoms with E-state index in [2.05, 4.69) is 27.7 Å². The molecule has 0 amide bonds. The lowest BCUT2D eigenvalue weighted by atomic mass is 10.1. The average Bonchev–Trinajstić information content (AvgIpc) is 2.22. The Labute approximate surface area is 92.1 Å². The molecule has 0 aliphatic rings. The van der Waals surface area contributed by atoms with E-state index in [1.54, 1.807) is 0 Å². The van der Waals surface area contributed by atoms with Gasteiger partial charge >= 0.3 is 0 Å². The Balaban J connectivity index is 3.82. The Morgan fingerprint density at radius 2 is 1.57 bits per heavy atom. The molecule has 0 saturated heterocycles. The first-order valence-corrected chi connectivity index (χ1v) is 7.31. The maximum Gasteiger partial charge on any atom is 0.0426 e. The van der Waals surface area contributed by atoms with Crippen LogP contribution in [0.4, 0.5) is 0 Å². The van der Waals surface area contributed by atoms with Gasteiger partial charge in [-0.05, 0) is 26.2 Å². The van der Waals surface area contributed by atoms with Crippen LogP contribution in [0.2, 0.25) is 0 Å². The molecule has 0 N–H and O–H groups in total. The van der Waals surface area contributed by atoms with E-state index in [1.165, 1.54) is 19.3 Å². The van der Waals surface area contributed by atoms with E-state index in [-0.39, 0.29) is 4.75 Å². The number of rotatable bonds is 8. The molecular weight excluding hydrogens is 192 g/mol. The zero-order valence-corrected chi connectivity index (χ0v) is 11.1. The Morgan fingerprint density at radius 1 is 1.00 bits per heavy atom. The third-order valence-electron chi connectivity index (χ3n) is 3.23. The summed E-state index contributed by atoms with van der Waals surface area (Å²) in [7, 11) is -0.627. The normalized spacial score (nSPS) is 14.3. The zero-order chi connectivity index (χ0) is 11.0. The van der Waals surface area contributed by atoms with Crippen molar-refractivity contribution in [3.8, 4) is 0 Å². The fraction of sp³-hybridized carbons (Fsp3) is 1.00. The van der Waals surface area contributed by atoms with Gasteiger partial charge in [0.05, 0.1) is 0 Å². The highest BCUT2D eigenvalue weighted by Gasteiger charge is 2.26. The maximum absolute atomic E-state index is 12.0. The second kappa shape index (κ2) is 7.44. The molecule has 0 aromatic carbocycles. The van der Waals surface area contributed by atoms with Crippen LogP contribution in [0.15, 0.2) is 0 Å². The number of hydrogen-bond donors (Lipinski definition) is 0. The number of unbranched alkanes of at least 4 members (excludes halogenated alkanes) is 3. The van der Waals surface area contributed by atoms with Gasteiger partial charge in [0.25, 0.3) is 0 Å². The quantitative estimate of drug-likeness (QED) is 0.565. The van der Waals surface area contributed by atoms with E-state index in [9.17, 15) is 4.21 Å². The lowest BCUT2D eigenvalue weighted by Gasteiger charge is -2.25. The number of hydrogen-bond acceptors (Lipinski definition) is 1. The van der Waals surface area contributed by atoms with E-state index in [1.807, 2.05) is 0 Å². The van der Waals surface area contributed by atoms with E-state index >= 15 is 0 Å². The highest BCUT2D eigenvalue weighted by molar-refractivity contribution is 7.86. The van der Waals surface area contributed by atoms with Crippen molar-refractivity contribution in [3.63, 3.8) is 0 Å². The average molecular weight is 218 g/mol. The summed E-state index contributed by atoms with van der Waals surface area (Å²) in [5.74, 6) is 0.901. The third-order valence-corrected chi connectivity index (χ3v) is 5.56. The van der Waals surface area contributed by atoms with Gasteiger partial charge in [-0.25, -0.2) is 0 Å². The molecule has 1 unspecified atom stereocenters. The van der Waals surface area contributed by atoms with Gasteiger partial charge in [0.1, 0.15) is 0 Å². The van der Waals surface area contributed by atoms with Crippen LogP contribution in [0.1, 0.15) is 66.2 Å². The highest BCUT2D eigenvalue weighted by Crippen LogP contribution is 2.23. The van der Waals surface area contributed by atoms with Crippen molar-refractivity contribution in [1.29, 1.82) is 0 Å². The fourth-order valence-electron chi connectivity index (χ4n) is 1.48. The summed E-state index contributed by atoms with van der Waals surface area (Å²) in [5.41, 5.74) is 0. The molecule has 1 nitrogen and oxygen atoms in total. The summed E-state index contributed by atoms with van der Waals surface area (Å²) in [6.07, 6.45) is 6.98. The van der Waals surface area contributed by atoms with Crippen LogP contribution >= 0.6 is 0 Å². The van der Waals surface area contributed by atoms with E-state index in [0.29, 0.717) is 0 Å². The van der Waals surface area contributed by atoms with Crippen molar-refractivity contribution in [2.75, 3.05) is 5.75 Å². The van der Waals surface area contributed by atoms with Crippen LogP contribution in [-0.4, -0.2) is 14.7 Å². The first-order valence-electron chi connectivity index (χ1n) is 5.99. The summed E-state index contributed by atoms with van der Waals surface area (Å²) < 4.78 is 12.1. The van der Waals surface area contributed by atoms with Crippen LogP contribution in [0, 0.1) is 0 Å². The van der Waals surface area contributed by atoms with Gasteiger partial charge in [-0.1, -0.05) is 40.0 Å². The minimum Gasteiger partial charge on any atom is -0.259 e. The lowest BCUT2D eigenvalue weighted by Crippen LogP contribution is -2.30. The van der Waals surface area contributed by atoms with Gasteiger partial charge in [-0.3, -0.25) is 4.21 Å². The van der Waals surface area contributed by atoms with E-state index in [4.69, 9.17) is 0 Å². The molecule has 2 heteroatoms. The predicted molar refractivity (Wildman–Crippen MR) is 66.1 cm³/mol. The highest BCUT2D eigenvalue weighted by atomic mass is 32.2. The first-order chi connectivity index (χ1) is 6.60. The molecular formula is C12H26OS. The molecule has 0 rings (SSSR count). The largest absolute Gasteiger partial charge is 0.259 e. The van der Waals surface area contributed by atoms with Gasteiger partial charge in [0.15, 0.2) is 0 Å². The molecule has 0 heterocycles. The summed E-state index contributed by atoms with van der Waals surface area (Å²) >= 11 is 0. The Hall–Kier alpha value is 0.150. The van der Waals surface area contributed by atoms with Crippen molar-refractivity contribution >= 4 is 10.8 Å². The minimum absolute atomic E-state index is 0.0617. The van der Waals surface area contributed by atoms with Gasteiger partial charge < -0.3 is 0 Å². The SMILES string of the molecule is CCCCCCS(=O)C(C)(CC)CC. The summed E-state index contributed by atoms with van der Waals surface area (Å²) in [5, 5.41) is 0. The summed E-state index contributed by atoms with van der Waals surface area (Å²) in [6.45, 7) is 8.66. The van der Waals surface area contributed by atoms with Crippen LogP contribution in [0.25, 0.3) is 0 Å². The Bertz CT molecular complexity index is 162. The molecule has 0 bridgehead atoms. The molecule has 0 saturated carbocycles. The van der Waals surface area contributed by atoms with Gasteiger partial charge in [0.2, 0.25) is 0 Å². The third kappa shape index (κ3) is 4.59. The second-order valence-corrected chi connectivity index (χ2v) is 6.35. The van der Waals surface area contributed by atoms with Gasteiger partial charge in [-0.15, -0.1) is 0 Å². The molecule has 0 aromatic rings. The second-order valence-electron chi connectivity index (χ2n) is 4.27. The van der Waals surface area contributed by atoms with Crippen molar-refractivity contribution in [2.45, 2.75) is 71.0 Å². The van der Waals surface area contributed by atoms with E-state index in [0.717, 1.165) is 25.0 Å². The first kappa shape index (κ1) is 14.2. The van der Waals surface area contributed by atoms with Gasteiger partial charge in [-0.2, -0.15) is 0 Å². The molecule has 86 valence electrons. The van der Waals surface area contributed by atoms with Crippen molar-refractivity contribution in [3.05, 3.63) is 0 Å². The molecule has 0 spiro atoms. The van der Waals surface area contributed by atoms with E-state index < -0.39 is 10.8 Å². The van der Waals surface area contributed by atoms with Crippen LogP contribution in [0.5, 0.6) is 0 Å². The molecule has 0 fully saturated rings. The zero-order valence-electron chi connectivity index (χ0n) is 10.3. The maximum atomic E-state index is 12.0. The molecule has 1 atom stereocenters. The van der Waals surface area contributed by atoms with Crippen LogP contribution in [0.3, 0.4) is 0 Å². The molecule has 0 radical (unpaired) electrons. The molecule has 0 aliphatic heterocycles. The Kier molecular flexibility index (Phi) is 7.52. The summed E-state index contributed by atoms with van der Waals surface area (Å²) in [6, 6.07) is 0. The smallest absolute Gasteiger partial charge is 0.0426 e.